The minimum Gasteiger partial charge on any atom is -0.467 e. The topological polar surface area (TPSA) is 123 Å². The zero-order valence-corrected chi connectivity index (χ0v) is 16.5. The molecule has 0 bridgehead atoms. The molecule has 3 N–H and O–H groups in total. The third kappa shape index (κ3) is 4.52. The van der Waals surface area contributed by atoms with Crippen LogP contribution in [-0.4, -0.2) is 65.1 Å². The van der Waals surface area contributed by atoms with Crippen LogP contribution in [0.3, 0.4) is 0 Å². The zero-order chi connectivity index (χ0) is 21.8. The fourth-order valence-corrected chi connectivity index (χ4v) is 3.20. The van der Waals surface area contributed by atoms with Gasteiger partial charge in [0.25, 0.3) is 0 Å². The minimum absolute atomic E-state index is 0.676. The Balaban J connectivity index is 1.69. The normalized spacial score (nSPS) is 27.2. The van der Waals surface area contributed by atoms with E-state index in [4.69, 9.17) is 9.47 Å². The molecule has 1 heterocycles. The standard InChI is InChI=1S/C22H24O8/c1-12(13-8-10-15(11-9-13)14-6-4-3-5-7-14)20(26)30-22-18(25)16(23)17(24)19(29-22)21(27)28-2/h3-12,16-19,22-25H,1-2H3/t12-,16-,17-,18+,19-,22-/m0/s1. The minimum atomic E-state index is -1.75. The van der Waals surface area contributed by atoms with Crippen LogP contribution in [0, 0.1) is 0 Å². The highest BCUT2D eigenvalue weighted by Crippen LogP contribution is 2.27. The van der Waals surface area contributed by atoms with Gasteiger partial charge in [-0.25, -0.2) is 4.79 Å². The summed E-state index contributed by atoms with van der Waals surface area (Å²) in [6, 6.07) is 17.1. The molecule has 0 saturated carbocycles. The van der Waals surface area contributed by atoms with Gasteiger partial charge >= 0.3 is 11.9 Å². The molecule has 0 aromatic heterocycles. The molecule has 0 radical (unpaired) electrons. The predicted molar refractivity (Wildman–Crippen MR) is 105 cm³/mol. The van der Waals surface area contributed by atoms with E-state index in [1.54, 1.807) is 19.1 Å². The number of ether oxygens (including phenoxy) is 3. The molecular formula is C22H24O8. The fraction of sp³-hybridized carbons (Fsp3) is 0.364. The highest BCUT2D eigenvalue weighted by Gasteiger charge is 2.49. The maximum Gasteiger partial charge on any atom is 0.337 e. The average molecular weight is 416 g/mol. The average Bonchev–Trinajstić information content (AvgIpc) is 2.79. The van der Waals surface area contributed by atoms with Gasteiger partial charge in [-0.05, 0) is 23.6 Å². The molecule has 0 amide bonds. The van der Waals surface area contributed by atoms with Crippen molar-refractivity contribution >= 4 is 11.9 Å². The number of benzene rings is 2. The monoisotopic (exact) mass is 416 g/mol. The fourth-order valence-electron chi connectivity index (χ4n) is 3.20. The molecule has 2 aromatic rings. The number of aliphatic hydroxyl groups is 3. The molecule has 0 unspecified atom stereocenters. The van der Waals surface area contributed by atoms with Crippen molar-refractivity contribution in [1.29, 1.82) is 0 Å². The first-order valence-electron chi connectivity index (χ1n) is 9.47. The molecule has 6 atom stereocenters. The van der Waals surface area contributed by atoms with Crippen LogP contribution < -0.4 is 0 Å². The SMILES string of the molecule is COC(=O)[C@H]1O[C@@H](OC(=O)[C@@H](C)c2ccc(-c3ccccc3)cc2)[C@H](O)[C@@H](O)[C@@H]1O. The Morgan fingerprint density at radius 1 is 0.900 bits per heavy atom. The Morgan fingerprint density at radius 2 is 1.50 bits per heavy atom. The Hall–Kier alpha value is -2.78. The Labute approximate surface area is 173 Å². The smallest absolute Gasteiger partial charge is 0.337 e. The van der Waals surface area contributed by atoms with Gasteiger partial charge in [-0.1, -0.05) is 54.6 Å². The van der Waals surface area contributed by atoms with Crippen LogP contribution in [0.2, 0.25) is 0 Å². The van der Waals surface area contributed by atoms with Crippen molar-refractivity contribution in [2.24, 2.45) is 0 Å². The number of methoxy groups -OCH3 is 1. The summed E-state index contributed by atoms with van der Waals surface area (Å²) in [6.07, 6.45) is -8.42. The molecule has 2 aromatic carbocycles. The highest BCUT2D eigenvalue weighted by molar-refractivity contribution is 5.78. The van der Waals surface area contributed by atoms with Gasteiger partial charge in [-0.15, -0.1) is 0 Å². The van der Waals surface area contributed by atoms with Crippen LogP contribution in [0.5, 0.6) is 0 Å². The Bertz CT molecular complexity index is 866. The van der Waals surface area contributed by atoms with Crippen LogP contribution in [0.25, 0.3) is 11.1 Å². The summed E-state index contributed by atoms with van der Waals surface area (Å²) in [4.78, 5) is 24.3. The molecule has 1 aliphatic rings. The van der Waals surface area contributed by atoms with E-state index in [1.807, 2.05) is 42.5 Å². The second kappa shape index (κ2) is 9.36. The van der Waals surface area contributed by atoms with Gasteiger partial charge in [-0.3, -0.25) is 4.79 Å². The first kappa shape index (κ1) is 21.9. The molecule has 8 heteroatoms. The third-order valence-electron chi connectivity index (χ3n) is 5.11. The van der Waals surface area contributed by atoms with Gasteiger partial charge in [0.05, 0.1) is 13.0 Å². The molecule has 1 saturated heterocycles. The van der Waals surface area contributed by atoms with Gasteiger partial charge in [0.2, 0.25) is 6.29 Å². The molecule has 1 aliphatic heterocycles. The van der Waals surface area contributed by atoms with Crippen molar-refractivity contribution in [3.63, 3.8) is 0 Å². The third-order valence-corrected chi connectivity index (χ3v) is 5.11. The zero-order valence-electron chi connectivity index (χ0n) is 16.5. The van der Waals surface area contributed by atoms with E-state index < -0.39 is 48.6 Å². The molecule has 0 spiro atoms. The van der Waals surface area contributed by atoms with Gasteiger partial charge in [0.1, 0.15) is 18.3 Å². The number of hydrogen-bond donors (Lipinski definition) is 3. The number of aliphatic hydroxyl groups excluding tert-OH is 3. The lowest BCUT2D eigenvalue weighted by Gasteiger charge is -2.38. The van der Waals surface area contributed by atoms with Gasteiger partial charge in [-0.2, -0.15) is 0 Å². The lowest BCUT2D eigenvalue weighted by molar-refractivity contribution is -0.287. The van der Waals surface area contributed by atoms with Gasteiger partial charge in [0, 0.05) is 0 Å². The molecule has 0 aliphatic carbocycles. The van der Waals surface area contributed by atoms with E-state index in [9.17, 15) is 24.9 Å². The number of carbonyl (C=O) groups excluding carboxylic acids is 2. The van der Waals surface area contributed by atoms with Crippen molar-refractivity contribution < 1.29 is 39.1 Å². The molecule has 1 fully saturated rings. The predicted octanol–water partition coefficient (Wildman–Crippen LogP) is 0.981. The molecule has 30 heavy (non-hydrogen) atoms. The van der Waals surface area contributed by atoms with E-state index in [2.05, 4.69) is 4.74 Å². The van der Waals surface area contributed by atoms with E-state index in [0.717, 1.165) is 18.2 Å². The number of esters is 2. The van der Waals surface area contributed by atoms with E-state index in [0.29, 0.717) is 5.56 Å². The van der Waals surface area contributed by atoms with Crippen molar-refractivity contribution in [3.05, 3.63) is 60.2 Å². The molecule has 160 valence electrons. The van der Waals surface area contributed by atoms with Crippen molar-refractivity contribution in [2.75, 3.05) is 7.11 Å². The van der Waals surface area contributed by atoms with E-state index >= 15 is 0 Å². The number of rotatable bonds is 5. The summed E-state index contributed by atoms with van der Waals surface area (Å²) < 4.78 is 14.9. The van der Waals surface area contributed by atoms with E-state index in [1.165, 1.54) is 0 Å². The number of hydrogen-bond acceptors (Lipinski definition) is 8. The molecule has 8 nitrogen and oxygen atoms in total. The first-order valence-corrected chi connectivity index (χ1v) is 9.47. The van der Waals surface area contributed by atoms with E-state index in [-0.39, 0.29) is 0 Å². The summed E-state index contributed by atoms with van der Waals surface area (Å²) in [5, 5.41) is 29.9. The van der Waals surface area contributed by atoms with Crippen LogP contribution >= 0.6 is 0 Å². The largest absolute Gasteiger partial charge is 0.467 e. The summed E-state index contributed by atoms with van der Waals surface area (Å²) in [5.74, 6) is -2.39. The second-order valence-electron chi connectivity index (χ2n) is 7.07. The quantitative estimate of drug-likeness (QED) is 0.617. The van der Waals surface area contributed by atoms with Gasteiger partial charge < -0.3 is 29.5 Å². The highest BCUT2D eigenvalue weighted by atomic mass is 16.7. The van der Waals surface area contributed by atoms with Crippen LogP contribution in [0.1, 0.15) is 18.4 Å². The maximum atomic E-state index is 12.6. The summed E-state index contributed by atoms with van der Waals surface area (Å²) in [6.45, 7) is 1.62. The summed E-state index contributed by atoms with van der Waals surface area (Å²) >= 11 is 0. The van der Waals surface area contributed by atoms with Crippen molar-refractivity contribution in [3.8, 4) is 11.1 Å². The van der Waals surface area contributed by atoms with Crippen molar-refractivity contribution in [1.82, 2.24) is 0 Å². The van der Waals surface area contributed by atoms with Crippen LogP contribution in [0.4, 0.5) is 0 Å². The second-order valence-corrected chi connectivity index (χ2v) is 7.07. The summed E-state index contributed by atoms with van der Waals surface area (Å²) in [7, 11) is 1.08. The first-order chi connectivity index (χ1) is 14.3. The lowest BCUT2D eigenvalue weighted by Crippen LogP contribution is -2.60. The Kier molecular flexibility index (Phi) is 6.84. The lowest BCUT2D eigenvalue weighted by atomic mass is 9.97. The summed E-state index contributed by atoms with van der Waals surface area (Å²) in [5.41, 5.74) is 2.71. The Morgan fingerprint density at radius 3 is 2.10 bits per heavy atom. The van der Waals surface area contributed by atoms with Crippen molar-refractivity contribution in [2.45, 2.75) is 43.5 Å². The van der Waals surface area contributed by atoms with Gasteiger partial charge in [0.15, 0.2) is 6.10 Å². The van der Waals surface area contributed by atoms with Crippen LogP contribution in [-0.2, 0) is 23.8 Å². The number of carbonyl (C=O) groups is 2. The molecular weight excluding hydrogens is 392 g/mol. The maximum absolute atomic E-state index is 12.6. The van der Waals surface area contributed by atoms with Crippen LogP contribution in [0.15, 0.2) is 54.6 Å². The molecule has 3 rings (SSSR count).